The number of aliphatic hydroxyl groups excluding tert-OH is 1. The average Bonchev–Trinajstić information content (AvgIpc) is 2.65. The molecular formula is C19H27N3O2. The van der Waals surface area contributed by atoms with Gasteiger partial charge in [0.1, 0.15) is 11.3 Å². The fourth-order valence-corrected chi connectivity index (χ4v) is 3.18. The van der Waals surface area contributed by atoms with E-state index in [2.05, 4.69) is 22.1 Å². The summed E-state index contributed by atoms with van der Waals surface area (Å²) in [7, 11) is 0. The molecule has 2 aromatic rings. The Balaban J connectivity index is 1.75. The molecule has 0 radical (unpaired) electrons. The van der Waals surface area contributed by atoms with Gasteiger partial charge in [0.15, 0.2) is 0 Å². The molecule has 1 aromatic carbocycles. The number of fused-ring (bicyclic) bond motifs is 1. The molecule has 130 valence electrons. The molecule has 24 heavy (non-hydrogen) atoms. The summed E-state index contributed by atoms with van der Waals surface area (Å²) in [5.41, 5.74) is 1.78. The van der Waals surface area contributed by atoms with Crippen LogP contribution in [-0.2, 0) is 0 Å². The van der Waals surface area contributed by atoms with Gasteiger partial charge in [0.2, 0.25) is 0 Å². The van der Waals surface area contributed by atoms with E-state index in [4.69, 9.17) is 4.74 Å². The number of nitrogens with one attached hydrogen (secondary N) is 1. The minimum absolute atomic E-state index is 0.480. The van der Waals surface area contributed by atoms with Crippen molar-refractivity contribution >= 4 is 10.9 Å². The van der Waals surface area contributed by atoms with E-state index in [1.807, 2.05) is 24.3 Å². The molecule has 0 saturated carbocycles. The summed E-state index contributed by atoms with van der Waals surface area (Å²) < 4.78 is 5.80. The second-order valence-electron chi connectivity index (χ2n) is 6.30. The summed E-state index contributed by atoms with van der Waals surface area (Å²) in [6, 6.07) is 7.86. The fourth-order valence-electron chi connectivity index (χ4n) is 3.18. The Kier molecular flexibility index (Phi) is 6.01. The smallest absolute Gasteiger partial charge is 0.145 e. The number of hydrogen-bond donors (Lipinski definition) is 2. The maximum atomic E-state index is 10.7. The number of rotatable bonds is 7. The summed E-state index contributed by atoms with van der Waals surface area (Å²) in [6.45, 7) is 7.86. The van der Waals surface area contributed by atoms with Gasteiger partial charge < -0.3 is 20.1 Å². The second-order valence-corrected chi connectivity index (χ2v) is 6.30. The van der Waals surface area contributed by atoms with E-state index in [1.165, 1.54) is 0 Å². The molecule has 1 fully saturated rings. The van der Waals surface area contributed by atoms with Crippen LogP contribution in [0.3, 0.4) is 0 Å². The van der Waals surface area contributed by atoms with Crippen molar-refractivity contribution in [3.63, 3.8) is 0 Å². The van der Waals surface area contributed by atoms with Crippen molar-refractivity contribution in [2.24, 2.45) is 0 Å². The number of aliphatic hydroxyl groups is 1. The summed E-state index contributed by atoms with van der Waals surface area (Å²) in [6.07, 6.45) is 2.99. The number of nitrogens with zero attached hydrogens (tertiary/aromatic N) is 2. The minimum Gasteiger partial charge on any atom is -0.491 e. The maximum Gasteiger partial charge on any atom is 0.145 e. The lowest BCUT2D eigenvalue weighted by Crippen LogP contribution is -2.44. The average molecular weight is 329 g/mol. The van der Waals surface area contributed by atoms with E-state index < -0.39 is 6.10 Å². The van der Waals surface area contributed by atoms with Gasteiger partial charge in [-0.2, -0.15) is 0 Å². The number of piperazine rings is 1. The first-order valence-electron chi connectivity index (χ1n) is 8.91. The fraction of sp³-hybridized carbons (Fsp3) is 0.526. The highest BCUT2D eigenvalue weighted by molar-refractivity contribution is 5.87. The molecule has 1 unspecified atom stereocenters. The van der Waals surface area contributed by atoms with E-state index in [-0.39, 0.29) is 0 Å². The molecule has 2 N–H and O–H groups in total. The van der Waals surface area contributed by atoms with Crippen molar-refractivity contribution in [2.75, 3.05) is 39.3 Å². The highest BCUT2D eigenvalue weighted by Crippen LogP contribution is 2.31. The quantitative estimate of drug-likeness (QED) is 0.817. The van der Waals surface area contributed by atoms with E-state index in [0.29, 0.717) is 6.61 Å². The van der Waals surface area contributed by atoms with Crippen LogP contribution >= 0.6 is 0 Å². The zero-order valence-electron chi connectivity index (χ0n) is 14.4. The van der Waals surface area contributed by atoms with Crippen LogP contribution in [0.4, 0.5) is 0 Å². The molecule has 0 bridgehead atoms. The second kappa shape index (κ2) is 8.42. The van der Waals surface area contributed by atoms with Gasteiger partial charge in [-0.15, -0.1) is 0 Å². The molecule has 0 amide bonds. The molecule has 1 aliphatic heterocycles. The van der Waals surface area contributed by atoms with Gasteiger partial charge in [-0.05, 0) is 30.5 Å². The largest absolute Gasteiger partial charge is 0.491 e. The summed E-state index contributed by atoms with van der Waals surface area (Å²) >= 11 is 0. The Morgan fingerprint density at radius 1 is 1.29 bits per heavy atom. The first-order valence-corrected chi connectivity index (χ1v) is 8.91. The number of hydrogen-bond acceptors (Lipinski definition) is 5. The van der Waals surface area contributed by atoms with Gasteiger partial charge in [0.05, 0.1) is 12.7 Å². The summed E-state index contributed by atoms with van der Waals surface area (Å²) in [5.74, 6) is 0.797. The van der Waals surface area contributed by atoms with Crippen LogP contribution in [0.5, 0.6) is 5.75 Å². The molecule has 0 aliphatic carbocycles. The first kappa shape index (κ1) is 17.1. The molecule has 3 rings (SSSR count). The van der Waals surface area contributed by atoms with Crippen LogP contribution in [0.15, 0.2) is 30.5 Å². The Hall–Kier alpha value is -1.69. The normalized spacial score (nSPS) is 17.1. The molecule has 0 spiro atoms. The first-order chi connectivity index (χ1) is 11.8. The van der Waals surface area contributed by atoms with Crippen molar-refractivity contribution < 1.29 is 9.84 Å². The molecule has 2 heterocycles. The van der Waals surface area contributed by atoms with Gasteiger partial charge >= 0.3 is 0 Å². The van der Waals surface area contributed by atoms with Crippen LogP contribution in [-0.4, -0.2) is 54.3 Å². The van der Waals surface area contributed by atoms with Gasteiger partial charge in [-0.3, -0.25) is 4.98 Å². The highest BCUT2D eigenvalue weighted by atomic mass is 16.5. The van der Waals surface area contributed by atoms with Crippen LogP contribution in [0.2, 0.25) is 0 Å². The van der Waals surface area contributed by atoms with Crippen LogP contribution in [0.1, 0.15) is 31.4 Å². The van der Waals surface area contributed by atoms with Crippen molar-refractivity contribution in [2.45, 2.75) is 25.9 Å². The monoisotopic (exact) mass is 329 g/mol. The minimum atomic E-state index is -0.480. The van der Waals surface area contributed by atoms with Crippen molar-refractivity contribution in [3.05, 3.63) is 36.0 Å². The Bertz CT molecular complexity index is 656. The van der Waals surface area contributed by atoms with Crippen molar-refractivity contribution in [1.82, 2.24) is 15.2 Å². The molecule has 1 aliphatic rings. The molecule has 1 saturated heterocycles. The highest BCUT2D eigenvalue weighted by Gasteiger charge is 2.17. The molecular weight excluding hydrogens is 302 g/mol. The number of ether oxygens (including phenoxy) is 1. The lowest BCUT2D eigenvalue weighted by molar-refractivity contribution is 0.138. The van der Waals surface area contributed by atoms with Crippen LogP contribution in [0, 0.1) is 0 Å². The molecule has 1 aromatic heterocycles. The number of benzene rings is 1. The molecule has 5 heteroatoms. The summed E-state index contributed by atoms with van der Waals surface area (Å²) in [4.78, 5) is 6.87. The van der Waals surface area contributed by atoms with E-state index >= 15 is 0 Å². The number of aromatic nitrogens is 1. The van der Waals surface area contributed by atoms with Crippen LogP contribution < -0.4 is 10.1 Å². The Labute approximate surface area is 143 Å². The Morgan fingerprint density at radius 3 is 2.92 bits per heavy atom. The zero-order chi connectivity index (χ0) is 16.8. The van der Waals surface area contributed by atoms with Gasteiger partial charge in [-0.25, -0.2) is 0 Å². The maximum absolute atomic E-state index is 10.7. The zero-order valence-corrected chi connectivity index (χ0v) is 14.4. The lowest BCUT2D eigenvalue weighted by atomic mass is 10.0. The third kappa shape index (κ3) is 4.04. The predicted octanol–water partition coefficient (Wildman–Crippen LogP) is 2.35. The van der Waals surface area contributed by atoms with E-state index in [9.17, 15) is 5.11 Å². The van der Waals surface area contributed by atoms with Crippen LogP contribution in [0.25, 0.3) is 10.9 Å². The molecule has 1 atom stereocenters. The standard InChI is InChI=1S/C19H27N3O2/c1-2-14-24-18-6-5-15(16-4-3-8-21-19(16)18)17(23)7-11-22-12-9-20-10-13-22/h3-6,8,17,20,23H,2,7,9-14H2,1H3. The predicted molar refractivity (Wildman–Crippen MR) is 96.4 cm³/mol. The molecule has 5 nitrogen and oxygen atoms in total. The topological polar surface area (TPSA) is 57.6 Å². The Morgan fingerprint density at radius 2 is 2.12 bits per heavy atom. The van der Waals surface area contributed by atoms with E-state index in [1.54, 1.807) is 6.20 Å². The lowest BCUT2D eigenvalue weighted by Gasteiger charge is -2.28. The van der Waals surface area contributed by atoms with Gasteiger partial charge in [0, 0.05) is 44.3 Å². The van der Waals surface area contributed by atoms with Crippen molar-refractivity contribution in [3.8, 4) is 5.75 Å². The van der Waals surface area contributed by atoms with Gasteiger partial charge in [-0.1, -0.05) is 19.1 Å². The number of pyridine rings is 1. The third-order valence-corrected chi connectivity index (χ3v) is 4.52. The van der Waals surface area contributed by atoms with E-state index in [0.717, 1.165) is 67.8 Å². The summed E-state index contributed by atoms with van der Waals surface area (Å²) in [5, 5.41) is 15.0. The van der Waals surface area contributed by atoms with Crippen molar-refractivity contribution in [1.29, 1.82) is 0 Å². The SMILES string of the molecule is CCCOc1ccc(C(O)CCN2CCNCC2)c2cccnc12. The third-order valence-electron chi connectivity index (χ3n) is 4.52. The van der Waals surface area contributed by atoms with Gasteiger partial charge in [0.25, 0.3) is 0 Å².